The van der Waals surface area contributed by atoms with Gasteiger partial charge in [-0.2, -0.15) is 5.10 Å². The lowest BCUT2D eigenvalue weighted by molar-refractivity contribution is -0.384. The molecule has 35 heavy (non-hydrogen) atoms. The Bertz CT molecular complexity index is 1240. The third kappa shape index (κ3) is 6.91. The molecule has 0 unspecified atom stereocenters. The van der Waals surface area contributed by atoms with E-state index >= 15 is 0 Å². The van der Waals surface area contributed by atoms with Gasteiger partial charge in [-0.05, 0) is 60.4 Å². The summed E-state index contributed by atoms with van der Waals surface area (Å²) < 4.78 is 11.5. The number of nitrogens with one attached hydrogen (secondary N) is 2. The molecule has 2 amide bonds. The van der Waals surface area contributed by atoms with E-state index in [0.717, 1.165) is 16.7 Å². The number of hydrazone groups is 1. The third-order valence-electron chi connectivity index (χ3n) is 5.04. The second-order valence-corrected chi connectivity index (χ2v) is 7.56. The molecule has 0 saturated heterocycles. The van der Waals surface area contributed by atoms with Gasteiger partial charge in [0.1, 0.15) is 6.61 Å². The molecule has 0 aliphatic heterocycles. The predicted molar refractivity (Wildman–Crippen MR) is 135 cm³/mol. The Labute approximate surface area is 203 Å². The second kappa shape index (κ2) is 12.0. The summed E-state index contributed by atoms with van der Waals surface area (Å²) >= 11 is 0. The van der Waals surface area contributed by atoms with Crippen molar-refractivity contribution >= 4 is 23.6 Å². The van der Waals surface area contributed by atoms with Crippen LogP contribution in [0.3, 0.4) is 0 Å². The van der Waals surface area contributed by atoms with Crippen LogP contribution in [0.2, 0.25) is 0 Å². The van der Waals surface area contributed by atoms with Crippen LogP contribution in [-0.4, -0.2) is 24.3 Å². The van der Waals surface area contributed by atoms with Crippen LogP contribution >= 0.6 is 0 Å². The molecular formula is C26H26N4O5. The first kappa shape index (κ1) is 25.0. The first-order chi connectivity index (χ1) is 16.9. The van der Waals surface area contributed by atoms with Crippen LogP contribution in [0.1, 0.15) is 22.3 Å². The first-order valence-corrected chi connectivity index (χ1v) is 10.7. The molecule has 3 aromatic carbocycles. The minimum Gasteiger partial charge on any atom is -0.493 e. The molecule has 180 valence electrons. The number of urea groups is 1. The summed E-state index contributed by atoms with van der Waals surface area (Å²) in [6, 6.07) is 16.7. The number of amides is 2. The fourth-order valence-electron chi connectivity index (χ4n) is 3.28. The van der Waals surface area contributed by atoms with E-state index < -0.39 is 11.0 Å². The molecule has 9 heteroatoms. The van der Waals surface area contributed by atoms with Crippen molar-refractivity contribution < 1.29 is 19.2 Å². The molecule has 3 rings (SSSR count). The minimum atomic E-state index is -0.461. The van der Waals surface area contributed by atoms with Gasteiger partial charge in [-0.15, -0.1) is 6.58 Å². The fraction of sp³-hybridized carbons (Fsp3) is 0.154. The van der Waals surface area contributed by atoms with Crippen molar-refractivity contribution in [3.8, 4) is 11.5 Å². The molecule has 0 heterocycles. The van der Waals surface area contributed by atoms with Crippen molar-refractivity contribution in [3.05, 3.63) is 106 Å². The zero-order chi connectivity index (χ0) is 25.2. The van der Waals surface area contributed by atoms with E-state index in [0.29, 0.717) is 29.2 Å². The molecule has 0 saturated carbocycles. The average Bonchev–Trinajstić information content (AvgIpc) is 2.85. The quantitative estimate of drug-likeness (QED) is 0.177. The first-order valence-electron chi connectivity index (χ1n) is 10.7. The maximum absolute atomic E-state index is 12.1. The lowest BCUT2D eigenvalue weighted by Gasteiger charge is -2.16. The van der Waals surface area contributed by atoms with Crippen molar-refractivity contribution in [2.75, 3.05) is 12.4 Å². The van der Waals surface area contributed by atoms with Crippen molar-refractivity contribution in [2.24, 2.45) is 5.10 Å². The number of methoxy groups -OCH3 is 1. The fourth-order valence-corrected chi connectivity index (χ4v) is 3.28. The van der Waals surface area contributed by atoms with E-state index in [2.05, 4.69) is 22.4 Å². The summed E-state index contributed by atoms with van der Waals surface area (Å²) in [5, 5.41) is 17.6. The minimum absolute atomic E-state index is 0.0171. The Morgan fingerprint density at radius 2 is 1.91 bits per heavy atom. The van der Waals surface area contributed by atoms with Gasteiger partial charge in [0.2, 0.25) is 0 Å². The van der Waals surface area contributed by atoms with Gasteiger partial charge in [-0.1, -0.05) is 24.3 Å². The highest BCUT2D eigenvalue weighted by Gasteiger charge is 2.13. The number of carbonyl (C=O) groups is 1. The number of allylic oxidation sites excluding steroid dienone is 1. The van der Waals surface area contributed by atoms with Gasteiger partial charge < -0.3 is 14.8 Å². The van der Waals surface area contributed by atoms with E-state index in [1.165, 1.54) is 25.5 Å². The van der Waals surface area contributed by atoms with Crippen molar-refractivity contribution in [3.63, 3.8) is 0 Å². The Kier molecular flexibility index (Phi) is 8.55. The summed E-state index contributed by atoms with van der Waals surface area (Å²) in [5.41, 5.74) is 6.38. The number of nitrogens with zero attached hydrogens (tertiary/aromatic N) is 2. The highest BCUT2D eigenvalue weighted by atomic mass is 16.6. The molecule has 2 N–H and O–H groups in total. The molecule has 0 atom stereocenters. The number of hydrogen-bond donors (Lipinski definition) is 2. The molecule has 0 aliphatic rings. The number of hydrogen-bond acceptors (Lipinski definition) is 6. The molecule has 0 fully saturated rings. The number of nitro groups is 1. The molecule has 0 radical (unpaired) electrons. The number of rotatable bonds is 10. The van der Waals surface area contributed by atoms with Gasteiger partial charge in [-0.25, -0.2) is 10.2 Å². The van der Waals surface area contributed by atoms with Gasteiger partial charge in [0, 0.05) is 23.4 Å². The number of nitro benzene ring substituents is 1. The molecule has 9 nitrogen and oxygen atoms in total. The second-order valence-electron chi connectivity index (χ2n) is 7.56. The van der Waals surface area contributed by atoms with E-state index in [9.17, 15) is 14.9 Å². The molecular weight excluding hydrogens is 448 g/mol. The number of carbonyl (C=O) groups excluding carboxylic acids is 1. The van der Waals surface area contributed by atoms with Crippen LogP contribution in [0, 0.1) is 17.0 Å². The molecule has 0 aromatic heterocycles. The topological polar surface area (TPSA) is 115 Å². The maximum Gasteiger partial charge on any atom is 0.339 e. The van der Waals surface area contributed by atoms with E-state index in [1.54, 1.807) is 30.3 Å². The standard InChI is InChI=1S/C26H26N4O5/c1-4-7-21-14-20(16-27-29-26(31)28-23-9-6-5-8-18(23)2)15-24(34-3)25(21)35-17-19-10-12-22(13-11-19)30(32)33/h4-6,8-16H,1,7,17H2,2-3H3,(H2,28,29,31). The van der Waals surface area contributed by atoms with Gasteiger partial charge in [0.25, 0.3) is 5.69 Å². The maximum atomic E-state index is 12.1. The van der Waals surface area contributed by atoms with Crippen molar-refractivity contribution in [1.29, 1.82) is 0 Å². The van der Waals surface area contributed by atoms with Crippen LogP contribution in [0.15, 0.2) is 78.4 Å². The Hall–Kier alpha value is -4.66. The van der Waals surface area contributed by atoms with Crippen molar-refractivity contribution in [1.82, 2.24) is 5.43 Å². The van der Waals surface area contributed by atoms with Crippen LogP contribution in [-0.2, 0) is 13.0 Å². The van der Waals surface area contributed by atoms with Crippen LogP contribution in [0.25, 0.3) is 0 Å². The van der Waals surface area contributed by atoms with Gasteiger partial charge in [-0.3, -0.25) is 10.1 Å². The summed E-state index contributed by atoms with van der Waals surface area (Å²) in [6.45, 7) is 5.90. The zero-order valence-electron chi connectivity index (χ0n) is 19.5. The molecule has 3 aromatic rings. The zero-order valence-corrected chi connectivity index (χ0v) is 19.5. The van der Waals surface area contributed by atoms with Crippen LogP contribution < -0.4 is 20.2 Å². The number of benzene rings is 3. The van der Waals surface area contributed by atoms with Crippen LogP contribution in [0.5, 0.6) is 11.5 Å². The highest BCUT2D eigenvalue weighted by molar-refractivity contribution is 5.91. The normalized spacial score (nSPS) is 10.6. The Morgan fingerprint density at radius 1 is 1.17 bits per heavy atom. The summed E-state index contributed by atoms with van der Waals surface area (Å²) in [5.74, 6) is 1.02. The number of ether oxygens (including phenoxy) is 2. The Balaban J connectivity index is 1.72. The lowest BCUT2D eigenvalue weighted by atomic mass is 10.1. The lowest BCUT2D eigenvalue weighted by Crippen LogP contribution is -2.24. The highest BCUT2D eigenvalue weighted by Crippen LogP contribution is 2.34. The summed E-state index contributed by atoms with van der Waals surface area (Å²) in [7, 11) is 1.53. The molecule has 0 spiro atoms. The van der Waals surface area contributed by atoms with Crippen molar-refractivity contribution in [2.45, 2.75) is 20.0 Å². The van der Waals surface area contributed by atoms with Gasteiger partial charge >= 0.3 is 6.03 Å². The number of anilines is 1. The largest absolute Gasteiger partial charge is 0.493 e. The van der Waals surface area contributed by atoms with E-state index in [4.69, 9.17) is 9.47 Å². The summed E-state index contributed by atoms with van der Waals surface area (Å²) in [4.78, 5) is 22.5. The van der Waals surface area contributed by atoms with Crippen LogP contribution in [0.4, 0.5) is 16.2 Å². The Morgan fingerprint density at radius 3 is 2.57 bits per heavy atom. The average molecular weight is 475 g/mol. The molecule has 0 bridgehead atoms. The number of non-ortho nitro benzene ring substituents is 1. The smallest absolute Gasteiger partial charge is 0.339 e. The SMILES string of the molecule is C=CCc1cc(C=NNC(=O)Nc2ccccc2C)cc(OC)c1OCc1ccc([N+](=O)[O-])cc1. The number of aryl methyl sites for hydroxylation is 1. The third-order valence-corrected chi connectivity index (χ3v) is 5.04. The molecule has 0 aliphatic carbocycles. The number of para-hydroxylation sites is 1. The van der Waals surface area contributed by atoms with Gasteiger partial charge in [0.05, 0.1) is 18.2 Å². The van der Waals surface area contributed by atoms with E-state index in [-0.39, 0.29) is 12.3 Å². The predicted octanol–water partition coefficient (Wildman–Crippen LogP) is 5.37. The van der Waals surface area contributed by atoms with E-state index in [1.807, 2.05) is 31.2 Å². The van der Waals surface area contributed by atoms with Gasteiger partial charge in [0.15, 0.2) is 11.5 Å². The monoisotopic (exact) mass is 474 g/mol. The summed E-state index contributed by atoms with van der Waals surface area (Å²) in [6.07, 6.45) is 3.75.